The average molecular weight is 306 g/mol. The summed E-state index contributed by atoms with van der Waals surface area (Å²) in [6.45, 7) is 0. The minimum Gasteiger partial charge on any atom is -0.367 e. The van der Waals surface area contributed by atoms with E-state index >= 15 is 0 Å². The Hall–Kier alpha value is -3.30. The zero-order chi connectivity index (χ0) is 16.1. The Morgan fingerprint density at radius 1 is 1.27 bits per heavy atom. The molecule has 0 spiro atoms. The summed E-state index contributed by atoms with van der Waals surface area (Å²) in [6.07, 6.45) is 1.08. The molecule has 114 valence electrons. The van der Waals surface area contributed by atoms with Crippen molar-refractivity contribution in [3.05, 3.63) is 52.1 Å². The third-order valence-electron chi connectivity index (χ3n) is 2.65. The third-order valence-corrected chi connectivity index (χ3v) is 2.65. The molecule has 10 heteroatoms. The Labute approximate surface area is 123 Å². The van der Waals surface area contributed by atoms with Gasteiger partial charge in [0.25, 0.3) is 5.91 Å². The van der Waals surface area contributed by atoms with Crippen LogP contribution >= 0.6 is 0 Å². The van der Waals surface area contributed by atoms with E-state index in [4.69, 9.17) is 0 Å². The zero-order valence-corrected chi connectivity index (χ0v) is 11.3. The van der Waals surface area contributed by atoms with Crippen molar-refractivity contribution in [1.82, 2.24) is 15.4 Å². The van der Waals surface area contributed by atoms with Crippen LogP contribution in [-0.4, -0.2) is 27.8 Å². The van der Waals surface area contributed by atoms with E-state index in [9.17, 15) is 19.3 Å². The number of hydrogen-bond donors (Lipinski definition) is 3. The van der Waals surface area contributed by atoms with Gasteiger partial charge in [0, 0.05) is 7.05 Å². The van der Waals surface area contributed by atoms with Crippen molar-refractivity contribution in [2.45, 2.75) is 0 Å². The lowest BCUT2D eigenvalue weighted by molar-refractivity contribution is -0.383. The number of carbonyl (C=O) groups is 1. The van der Waals surface area contributed by atoms with E-state index in [1.807, 2.05) is 0 Å². The maximum atomic E-state index is 13.5. The van der Waals surface area contributed by atoms with Crippen LogP contribution in [0.3, 0.4) is 0 Å². The van der Waals surface area contributed by atoms with Crippen LogP contribution in [0.4, 0.5) is 21.7 Å². The normalized spacial score (nSPS) is 9.91. The fourth-order valence-electron chi connectivity index (χ4n) is 1.65. The van der Waals surface area contributed by atoms with Crippen LogP contribution in [0.15, 0.2) is 30.6 Å². The van der Waals surface area contributed by atoms with Crippen LogP contribution in [0.2, 0.25) is 0 Å². The molecule has 0 aliphatic heterocycles. The summed E-state index contributed by atoms with van der Waals surface area (Å²) in [5.74, 6) is -1.76. The average Bonchev–Trinajstić information content (AvgIpc) is 2.52. The molecule has 9 nitrogen and oxygen atoms in total. The van der Waals surface area contributed by atoms with Crippen LogP contribution in [0.25, 0.3) is 0 Å². The van der Waals surface area contributed by atoms with Gasteiger partial charge in [0.15, 0.2) is 0 Å². The third kappa shape index (κ3) is 3.06. The lowest BCUT2D eigenvalue weighted by Crippen LogP contribution is -2.31. The minimum absolute atomic E-state index is 0.0253. The number of nitro groups is 1. The number of hydrazine groups is 1. The molecule has 3 N–H and O–H groups in total. The highest BCUT2D eigenvalue weighted by molar-refractivity contribution is 5.95. The molecule has 0 bridgehead atoms. The van der Waals surface area contributed by atoms with Gasteiger partial charge in [-0.05, 0) is 12.1 Å². The summed E-state index contributed by atoms with van der Waals surface area (Å²) in [4.78, 5) is 29.6. The zero-order valence-electron chi connectivity index (χ0n) is 11.3. The van der Waals surface area contributed by atoms with E-state index in [2.05, 4.69) is 26.1 Å². The summed E-state index contributed by atoms with van der Waals surface area (Å²) in [7, 11) is 1.46. The molecular formula is C12H11FN6O3. The molecular weight excluding hydrogens is 295 g/mol. The second-order valence-electron chi connectivity index (χ2n) is 3.99. The van der Waals surface area contributed by atoms with E-state index in [0.29, 0.717) is 0 Å². The van der Waals surface area contributed by atoms with Gasteiger partial charge in [0.2, 0.25) is 11.6 Å². The molecule has 1 amide bonds. The second-order valence-corrected chi connectivity index (χ2v) is 3.99. The number of nitrogens with one attached hydrogen (secondary N) is 3. The molecule has 0 aliphatic rings. The monoisotopic (exact) mass is 306 g/mol. The summed E-state index contributed by atoms with van der Waals surface area (Å²) < 4.78 is 13.5. The van der Waals surface area contributed by atoms with Gasteiger partial charge in [0.05, 0.1) is 10.5 Å². The molecule has 0 unspecified atom stereocenters. The number of aromatic nitrogens is 2. The molecule has 1 aromatic heterocycles. The first-order valence-electron chi connectivity index (χ1n) is 6.02. The highest BCUT2D eigenvalue weighted by Gasteiger charge is 2.22. The number of benzene rings is 1. The molecule has 0 radical (unpaired) electrons. The van der Waals surface area contributed by atoms with Gasteiger partial charge in [-0.25, -0.2) is 14.4 Å². The van der Waals surface area contributed by atoms with E-state index < -0.39 is 22.3 Å². The number of halogens is 1. The van der Waals surface area contributed by atoms with Crippen LogP contribution in [0.1, 0.15) is 10.4 Å². The molecule has 0 fully saturated rings. The summed E-state index contributed by atoms with van der Waals surface area (Å²) in [5, 5.41) is 13.6. The number of rotatable bonds is 5. The molecule has 1 aromatic carbocycles. The largest absolute Gasteiger partial charge is 0.367 e. The predicted molar refractivity (Wildman–Crippen MR) is 75.7 cm³/mol. The Balaban J connectivity index is 2.20. The van der Waals surface area contributed by atoms with Gasteiger partial charge in [0.1, 0.15) is 12.1 Å². The summed E-state index contributed by atoms with van der Waals surface area (Å²) in [5.41, 5.74) is 3.79. The van der Waals surface area contributed by atoms with Crippen molar-refractivity contribution in [3.63, 3.8) is 0 Å². The molecule has 2 rings (SSSR count). The van der Waals surface area contributed by atoms with E-state index in [1.165, 1.54) is 25.2 Å². The lowest BCUT2D eigenvalue weighted by Gasteiger charge is -2.09. The molecule has 22 heavy (non-hydrogen) atoms. The first-order chi connectivity index (χ1) is 10.5. The van der Waals surface area contributed by atoms with Crippen molar-refractivity contribution in [1.29, 1.82) is 0 Å². The molecule has 0 saturated carbocycles. The standard InChI is InChI=1S/C12H11FN6O3/c1-14-10-9(19(21)22)11(16-6-15-10)17-18-12(20)7-4-2-3-5-8(7)13/h2-6H,1H3,(H,18,20)(H2,14,15,16,17). The Kier molecular flexibility index (Phi) is 4.41. The van der Waals surface area contributed by atoms with Crippen LogP contribution in [-0.2, 0) is 0 Å². The van der Waals surface area contributed by atoms with Crippen molar-refractivity contribution >= 4 is 23.2 Å². The highest BCUT2D eigenvalue weighted by Crippen LogP contribution is 2.27. The topological polar surface area (TPSA) is 122 Å². The number of carbonyl (C=O) groups excluding carboxylic acids is 1. The molecule has 0 atom stereocenters. The van der Waals surface area contributed by atoms with Crippen LogP contribution < -0.4 is 16.2 Å². The summed E-state index contributed by atoms with van der Waals surface area (Å²) in [6, 6.07) is 5.33. The number of hydrogen-bond acceptors (Lipinski definition) is 7. The second kappa shape index (κ2) is 6.43. The Morgan fingerprint density at radius 2 is 1.95 bits per heavy atom. The predicted octanol–water partition coefficient (Wildman–Crippen LogP) is 1.32. The van der Waals surface area contributed by atoms with Crippen molar-refractivity contribution in [3.8, 4) is 0 Å². The minimum atomic E-state index is -0.794. The van der Waals surface area contributed by atoms with Crippen LogP contribution in [0.5, 0.6) is 0 Å². The smallest absolute Gasteiger partial charge is 0.354 e. The quantitative estimate of drug-likeness (QED) is 0.562. The molecule has 0 saturated heterocycles. The fourth-order valence-corrected chi connectivity index (χ4v) is 1.65. The van der Waals surface area contributed by atoms with E-state index in [1.54, 1.807) is 0 Å². The van der Waals surface area contributed by atoms with Gasteiger partial charge >= 0.3 is 5.69 Å². The number of anilines is 2. The molecule has 0 aliphatic carbocycles. The fraction of sp³-hybridized carbons (Fsp3) is 0.0833. The first kappa shape index (κ1) is 15.1. The van der Waals surface area contributed by atoms with E-state index in [-0.39, 0.29) is 17.2 Å². The van der Waals surface area contributed by atoms with Crippen molar-refractivity contribution < 1.29 is 14.1 Å². The van der Waals surface area contributed by atoms with Crippen molar-refractivity contribution in [2.24, 2.45) is 0 Å². The SMILES string of the molecule is CNc1ncnc(NNC(=O)c2ccccc2F)c1[N+](=O)[O-]. The lowest BCUT2D eigenvalue weighted by atomic mass is 10.2. The van der Waals surface area contributed by atoms with Crippen LogP contribution in [0, 0.1) is 15.9 Å². The van der Waals surface area contributed by atoms with Gasteiger partial charge in [-0.15, -0.1) is 0 Å². The Morgan fingerprint density at radius 3 is 2.59 bits per heavy atom. The maximum absolute atomic E-state index is 13.5. The molecule has 2 aromatic rings. The Bertz CT molecular complexity index is 724. The maximum Gasteiger partial charge on any atom is 0.354 e. The number of amides is 1. The highest BCUT2D eigenvalue weighted by atomic mass is 19.1. The van der Waals surface area contributed by atoms with Crippen molar-refractivity contribution in [2.75, 3.05) is 17.8 Å². The first-order valence-corrected chi connectivity index (χ1v) is 6.02. The van der Waals surface area contributed by atoms with Gasteiger partial charge < -0.3 is 5.32 Å². The summed E-state index contributed by atoms with van der Waals surface area (Å²) >= 11 is 0. The molecule has 1 heterocycles. The van der Waals surface area contributed by atoms with Gasteiger partial charge in [-0.3, -0.25) is 25.8 Å². The van der Waals surface area contributed by atoms with Gasteiger partial charge in [-0.2, -0.15) is 0 Å². The van der Waals surface area contributed by atoms with Gasteiger partial charge in [-0.1, -0.05) is 12.1 Å². The van der Waals surface area contributed by atoms with E-state index in [0.717, 1.165) is 12.4 Å². The number of nitrogens with zero attached hydrogens (tertiary/aromatic N) is 3.